The van der Waals surface area contributed by atoms with Crippen molar-refractivity contribution in [2.75, 3.05) is 0 Å². The van der Waals surface area contributed by atoms with Crippen LogP contribution in [0.3, 0.4) is 0 Å². The highest BCUT2D eigenvalue weighted by atomic mass is 32.2. The highest BCUT2D eigenvalue weighted by molar-refractivity contribution is 7.89. The number of nitrogens with one attached hydrogen (secondary N) is 2. The molecule has 0 aromatic carbocycles. The molecule has 1 heterocycles. The Morgan fingerprint density at radius 2 is 2.06 bits per heavy atom. The van der Waals surface area contributed by atoms with Crippen LogP contribution in [-0.4, -0.2) is 24.6 Å². The van der Waals surface area contributed by atoms with Gasteiger partial charge in [-0.25, -0.2) is 13.1 Å². The minimum atomic E-state index is -3.47. The van der Waals surface area contributed by atoms with Gasteiger partial charge in [0.05, 0.1) is 11.5 Å². The standard InChI is InChI=1S/C10H18N2O3S/c1-3-8(4-2)12-16(14,15)10-5-9(7-13)11-6-10/h5-6,8,11-13H,3-4,7H2,1-2H3. The first-order valence-corrected chi connectivity index (χ1v) is 6.82. The number of aromatic amines is 1. The van der Waals surface area contributed by atoms with Crippen LogP contribution in [0.2, 0.25) is 0 Å². The van der Waals surface area contributed by atoms with Crippen molar-refractivity contribution in [2.24, 2.45) is 0 Å². The van der Waals surface area contributed by atoms with Crippen molar-refractivity contribution < 1.29 is 13.5 Å². The van der Waals surface area contributed by atoms with E-state index < -0.39 is 10.0 Å². The molecule has 0 aliphatic carbocycles. The van der Waals surface area contributed by atoms with E-state index >= 15 is 0 Å². The maximum absolute atomic E-state index is 11.9. The van der Waals surface area contributed by atoms with Gasteiger partial charge in [0.2, 0.25) is 10.0 Å². The summed E-state index contributed by atoms with van der Waals surface area (Å²) in [6.07, 6.45) is 2.90. The highest BCUT2D eigenvalue weighted by Crippen LogP contribution is 2.12. The maximum atomic E-state index is 11.9. The van der Waals surface area contributed by atoms with Gasteiger partial charge in [0.25, 0.3) is 0 Å². The van der Waals surface area contributed by atoms with Gasteiger partial charge in [0, 0.05) is 17.9 Å². The quantitative estimate of drug-likeness (QED) is 0.699. The van der Waals surface area contributed by atoms with E-state index in [4.69, 9.17) is 5.11 Å². The lowest BCUT2D eigenvalue weighted by molar-refractivity contribution is 0.277. The molecular formula is C10H18N2O3S. The van der Waals surface area contributed by atoms with Crippen LogP contribution in [0.1, 0.15) is 32.4 Å². The van der Waals surface area contributed by atoms with Gasteiger partial charge < -0.3 is 10.1 Å². The van der Waals surface area contributed by atoms with Crippen LogP contribution in [0.15, 0.2) is 17.2 Å². The van der Waals surface area contributed by atoms with Crippen LogP contribution < -0.4 is 4.72 Å². The smallest absolute Gasteiger partial charge is 0.242 e. The molecule has 3 N–H and O–H groups in total. The highest BCUT2D eigenvalue weighted by Gasteiger charge is 2.19. The minimum absolute atomic E-state index is 0.0440. The molecule has 0 saturated carbocycles. The molecule has 16 heavy (non-hydrogen) atoms. The summed E-state index contributed by atoms with van der Waals surface area (Å²) in [5, 5.41) is 8.84. The van der Waals surface area contributed by atoms with Gasteiger partial charge in [-0.15, -0.1) is 0 Å². The van der Waals surface area contributed by atoms with Crippen LogP contribution in [0.5, 0.6) is 0 Å². The van der Waals surface area contributed by atoms with Crippen LogP contribution in [0.25, 0.3) is 0 Å². The fraction of sp³-hybridized carbons (Fsp3) is 0.600. The molecule has 5 nitrogen and oxygen atoms in total. The zero-order valence-electron chi connectivity index (χ0n) is 9.53. The van der Waals surface area contributed by atoms with Crippen LogP contribution >= 0.6 is 0 Å². The largest absolute Gasteiger partial charge is 0.390 e. The van der Waals surface area contributed by atoms with Crippen LogP contribution in [0, 0.1) is 0 Å². The second-order valence-electron chi connectivity index (χ2n) is 3.65. The molecular weight excluding hydrogens is 228 g/mol. The first-order chi connectivity index (χ1) is 7.53. The number of rotatable bonds is 6. The third-order valence-corrected chi connectivity index (χ3v) is 4.00. The number of hydrogen-bond acceptors (Lipinski definition) is 3. The SMILES string of the molecule is CCC(CC)NS(=O)(=O)c1c[nH]c(CO)c1. The van der Waals surface area contributed by atoms with Crippen molar-refractivity contribution in [3.8, 4) is 0 Å². The predicted molar refractivity (Wildman–Crippen MR) is 61.4 cm³/mol. The van der Waals surface area contributed by atoms with Crippen molar-refractivity contribution in [1.82, 2.24) is 9.71 Å². The summed E-state index contributed by atoms with van der Waals surface area (Å²) in [5.41, 5.74) is 0.491. The monoisotopic (exact) mass is 246 g/mol. The summed E-state index contributed by atoms with van der Waals surface area (Å²) in [6.45, 7) is 3.68. The Labute approximate surface area is 95.9 Å². The molecule has 0 spiro atoms. The van der Waals surface area contributed by atoms with Gasteiger partial charge in [-0.05, 0) is 18.9 Å². The Kier molecular flexibility index (Phi) is 4.52. The zero-order chi connectivity index (χ0) is 12.2. The number of aliphatic hydroxyl groups excluding tert-OH is 1. The molecule has 92 valence electrons. The molecule has 0 aliphatic rings. The molecule has 1 aromatic rings. The lowest BCUT2D eigenvalue weighted by atomic mass is 10.2. The Morgan fingerprint density at radius 3 is 2.50 bits per heavy atom. The van der Waals surface area contributed by atoms with E-state index in [2.05, 4.69) is 9.71 Å². The van der Waals surface area contributed by atoms with Gasteiger partial charge in [0.1, 0.15) is 0 Å². The van der Waals surface area contributed by atoms with Gasteiger partial charge in [-0.2, -0.15) is 0 Å². The molecule has 1 rings (SSSR count). The van der Waals surface area contributed by atoms with E-state index in [1.165, 1.54) is 12.3 Å². The number of sulfonamides is 1. The molecule has 0 saturated heterocycles. The van der Waals surface area contributed by atoms with Gasteiger partial charge in [-0.3, -0.25) is 0 Å². The molecule has 0 amide bonds. The maximum Gasteiger partial charge on any atom is 0.242 e. The predicted octanol–water partition coefficient (Wildman–Crippen LogP) is 0.974. The molecule has 0 aliphatic heterocycles. The van der Waals surface area contributed by atoms with E-state index in [0.29, 0.717) is 5.69 Å². The van der Waals surface area contributed by atoms with Crippen molar-refractivity contribution >= 4 is 10.0 Å². The average Bonchev–Trinajstić information content (AvgIpc) is 2.75. The van der Waals surface area contributed by atoms with Crippen molar-refractivity contribution in [2.45, 2.75) is 44.2 Å². The number of aliphatic hydroxyl groups is 1. The topological polar surface area (TPSA) is 82.2 Å². The normalized spacial score (nSPS) is 12.2. The van der Waals surface area contributed by atoms with Crippen molar-refractivity contribution in [3.63, 3.8) is 0 Å². The Balaban J connectivity index is 2.85. The summed E-state index contributed by atoms with van der Waals surface area (Å²) >= 11 is 0. The average molecular weight is 246 g/mol. The summed E-state index contributed by atoms with van der Waals surface area (Å²) < 4.78 is 26.4. The second-order valence-corrected chi connectivity index (χ2v) is 5.37. The summed E-state index contributed by atoms with van der Waals surface area (Å²) in [6, 6.07) is 1.39. The lowest BCUT2D eigenvalue weighted by Gasteiger charge is -2.13. The summed E-state index contributed by atoms with van der Waals surface area (Å²) in [4.78, 5) is 2.87. The summed E-state index contributed by atoms with van der Waals surface area (Å²) in [5.74, 6) is 0. The summed E-state index contributed by atoms with van der Waals surface area (Å²) in [7, 11) is -3.47. The van der Waals surface area contributed by atoms with Crippen LogP contribution in [-0.2, 0) is 16.6 Å². The van der Waals surface area contributed by atoms with Gasteiger partial charge in [0.15, 0.2) is 0 Å². The number of hydrogen-bond donors (Lipinski definition) is 3. The minimum Gasteiger partial charge on any atom is -0.390 e. The van der Waals surface area contributed by atoms with E-state index in [9.17, 15) is 8.42 Å². The lowest BCUT2D eigenvalue weighted by Crippen LogP contribution is -2.33. The number of aromatic nitrogens is 1. The van der Waals surface area contributed by atoms with E-state index in [1.54, 1.807) is 0 Å². The molecule has 0 radical (unpaired) electrons. The molecule has 0 bridgehead atoms. The molecule has 6 heteroatoms. The van der Waals surface area contributed by atoms with E-state index in [1.807, 2.05) is 13.8 Å². The van der Waals surface area contributed by atoms with Crippen molar-refractivity contribution in [1.29, 1.82) is 0 Å². The first kappa shape index (κ1) is 13.2. The third-order valence-electron chi connectivity index (χ3n) is 2.50. The van der Waals surface area contributed by atoms with Crippen molar-refractivity contribution in [3.05, 3.63) is 18.0 Å². The van der Waals surface area contributed by atoms with Gasteiger partial charge >= 0.3 is 0 Å². The molecule has 0 atom stereocenters. The Bertz CT molecular complexity index is 421. The number of H-pyrrole nitrogens is 1. The molecule has 1 aromatic heterocycles. The van der Waals surface area contributed by atoms with Gasteiger partial charge in [-0.1, -0.05) is 13.8 Å². The second kappa shape index (κ2) is 5.47. The zero-order valence-corrected chi connectivity index (χ0v) is 10.3. The van der Waals surface area contributed by atoms with E-state index in [-0.39, 0.29) is 17.5 Å². The molecule has 0 fully saturated rings. The first-order valence-electron chi connectivity index (χ1n) is 5.34. The molecule has 0 unspecified atom stereocenters. The fourth-order valence-electron chi connectivity index (χ4n) is 1.41. The third kappa shape index (κ3) is 3.07. The Morgan fingerprint density at radius 1 is 1.44 bits per heavy atom. The fourth-order valence-corrected chi connectivity index (χ4v) is 2.83. The Hall–Kier alpha value is -0.850. The van der Waals surface area contributed by atoms with Crippen LogP contribution in [0.4, 0.5) is 0 Å². The van der Waals surface area contributed by atoms with E-state index in [0.717, 1.165) is 12.8 Å².